The Labute approximate surface area is 92.6 Å². The highest BCUT2D eigenvalue weighted by molar-refractivity contribution is 6.32. The standard InChI is InChI=1S/C8H11Cl2N3O/c1-2-11-3-4-14-6-5-7(9)12-13-8(6)10/h5,11H,2-4H2,1H3. The largest absolute Gasteiger partial charge is 0.489 e. The monoisotopic (exact) mass is 235 g/mol. The number of hydrogen-bond acceptors (Lipinski definition) is 4. The van der Waals surface area contributed by atoms with E-state index in [4.69, 9.17) is 27.9 Å². The Bertz CT molecular complexity index is 296. The minimum atomic E-state index is 0.228. The van der Waals surface area contributed by atoms with Gasteiger partial charge in [-0.3, -0.25) is 0 Å². The lowest BCUT2D eigenvalue weighted by Crippen LogP contribution is -2.20. The van der Waals surface area contributed by atoms with Crippen LogP contribution in [0.25, 0.3) is 0 Å². The average molecular weight is 236 g/mol. The molecular weight excluding hydrogens is 225 g/mol. The van der Waals surface area contributed by atoms with Crippen LogP contribution in [0.2, 0.25) is 10.3 Å². The van der Waals surface area contributed by atoms with Crippen LogP contribution in [0, 0.1) is 0 Å². The van der Waals surface area contributed by atoms with Crippen molar-refractivity contribution < 1.29 is 4.74 Å². The molecule has 1 rings (SSSR count). The number of nitrogens with one attached hydrogen (secondary N) is 1. The molecule has 6 heteroatoms. The van der Waals surface area contributed by atoms with Gasteiger partial charge < -0.3 is 10.1 Å². The van der Waals surface area contributed by atoms with Crippen molar-refractivity contribution in [3.8, 4) is 5.75 Å². The van der Waals surface area contributed by atoms with E-state index in [1.165, 1.54) is 0 Å². The highest BCUT2D eigenvalue weighted by Gasteiger charge is 2.04. The summed E-state index contributed by atoms with van der Waals surface area (Å²) in [5, 5.41) is 10.8. The van der Waals surface area contributed by atoms with E-state index in [-0.39, 0.29) is 10.3 Å². The Morgan fingerprint density at radius 3 is 2.93 bits per heavy atom. The van der Waals surface area contributed by atoms with Gasteiger partial charge in [0.2, 0.25) is 0 Å². The van der Waals surface area contributed by atoms with Gasteiger partial charge >= 0.3 is 0 Å². The van der Waals surface area contributed by atoms with Gasteiger partial charge in [-0.15, -0.1) is 10.2 Å². The third kappa shape index (κ3) is 3.65. The fourth-order valence-electron chi connectivity index (χ4n) is 0.849. The molecule has 0 aliphatic heterocycles. The summed E-state index contributed by atoms with van der Waals surface area (Å²) in [7, 11) is 0. The van der Waals surface area contributed by atoms with E-state index < -0.39 is 0 Å². The quantitative estimate of drug-likeness (QED) is 0.791. The molecule has 0 atom stereocenters. The summed E-state index contributed by atoms with van der Waals surface area (Å²) in [5.41, 5.74) is 0. The van der Waals surface area contributed by atoms with Crippen LogP contribution in [0.4, 0.5) is 0 Å². The van der Waals surface area contributed by atoms with Crippen molar-refractivity contribution >= 4 is 23.2 Å². The molecule has 0 aliphatic carbocycles. The molecule has 0 unspecified atom stereocenters. The van der Waals surface area contributed by atoms with Crippen molar-refractivity contribution in [1.82, 2.24) is 15.5 Å². The first-order valence-corrected chi connectivity index (χ1v) is 5.02. The van der Waals surface area contributed by atoms with Gasteiger partial charge in [0.15, 0.2) is 16.1 Å². The molecule has 1 aromatic rings. The second kappa shape index (κ2) is 6.01. The zero-order valence-corrected chi connectivity index (χ0v) is 9.27. The summed E-state index contributed by atoms with van der Waals surface area (Å²) < 4.78 is 5.34. The Morgan fingerprint density at radius 1 is 1.43 bits per heavy atom. The third-order valence-electron chi connectivity index (χ3n) is 1.47. The van der Waals surface area contributed by atoms with Gasteiger partial charge in [-0.25, -0.2) is 0 Å². The fraction of sp³-hybridized carbons (Fsp3) is 0.500. The number of halogens is 2. The van der Waals surface area contributed by atoms with Gasteiger partial charge in [0, 0.05) is 12.6 Å². The first kappa shape index (κ1) is 11.5. The van der Waals surface area contributed by atoms with Crippen molar-refractivity contribution in [2.45, 2.75) is 6.92 Å². The summed E-state index contributed by atoms with van der Waals surface area (Å²) in [6, 6.07) is 1.54. The highest BCUT2D eigenvalue weighted by Crippen LogP contribution is 2.22. The fourth-order valence-corrected chi connectivity index (χ4v) is 1.13. The van der Waals surface area contributed by atoms with E-state index in [2.05, 4.69) is 15.5 Å². The van der Waals surface area contributed by atoms with Gasteiger partial charge in [-0.2, -0.15) is 0 Å². The highest BCUT2D eigenvalue weighted by atomic mass is 35.5. The number of aromatic nitrogens is 2. The lowest BCUT2D eigenvalue weighted by Gasteiger charge is -2.06. The van der Waals surface area contributed by atoms with Crippen LogP contribution in [0.5, 0.6) is 5.75 Å². The van der Waals surface area contributed by atoms with Crippen molar-refractivity contribution in [2.75, 3.05) is 19.7 Å². The molecule has 0 fully saturated rings. The Morgan fingerprint density at radius 2 is 2.21 bits per heavy atom. The molecule has 0 amide bonds. The molecule has 0 aromatic carbocycles. The smallest absolute Gasteiger partial charge is 0.193 e. The van der Waals surface area contributed by atoms with E-state index in [9.17, 15) is 0 Å². The minimum absolute atomic E-state index is 0.228. The molecule has 0 aliphatic rings. The van der Waals surface area contributed by atoms with E-state index in [1.54, 1.807) is 6.07 Å². The summed E-state index contributed by atoms with van der Waals surface area (Å²) in [5.74, 6) is 0.463. The van der Waals surface area contributed by atoms with Crippen molar-refractivity contribution in [3.05, 3.63) is 16.4 Å². The molecule has 78 valence electrons. The van der Waals surface area contributed by atoms with E-state index in [1.807, 2.05) is 6.92 Å². The SMILES string of the molecule is CCNCCOc1cc(Cl)nnc1Cl. The Hall–Kier alpha value is -0.580. The predicted molar refractivity (Wildman–Crippen MR) is 56.1 cm³/mol. The number of nitrogens with zero attached hydrogens (tertiary/aromatic N) is 2. The second-order valence-electron chi connectivity index (χ2n) is 2.52. The first-order chi connectivity index (χ1) is 6.74. The van der Waals surface area contributed by atoms with Crippen molar-refractivity contribution in [2.24, 2.45) is 0 Å². The van der Waals surface area contributed by atoms with Crippen LogP contribution in [-0.2, 0) is 0 Å². The topological polar surface area (TPSA) is 47.0 Å². The van der Waals surface area contributed by atoms with Crippen LogP contribution in [-0.4, -0.2) is 29.9 Å². The molecular formula is C8H11Cl2N3O. The molecule has 0 bridgehead atoms. The number of likely N-dealkylation sites (N-methyl/N-ethyl adjacent to an activating group) is 1. The zero-order chi connectivity index (χ0) is 10.4. The molecule has 1 aromatic heterocycles. The second-order valence-corrected chi connectivity index (χ2v) is 3.27. The summed E-state index contributed by atoms with van der Waals surface area (Å²) in [6.07, 6.45) is 0. The maximum Gasteiger partial charge on any atom is 0.193 e. The Kier molecular flexibility index (Phi) is 4.93. The van der Waals surface area contributed by atoms with Crippen molar-refractivity contribution in [3.63, 3.8) is 0 Å². The van der Waals surface area contributed by atoms with Crippen LogP contribution in [0.15, 0.2) is 6.07 Å². The Balaban J connectivity index is 2.45. The van der Waals surface area contributed by atoms with Gasteiger partial charge in [0.1, 0.15) is 6.61 Å². The number of rotatable bonds is 5. The molecule has 14 heavy (non-hydrogen) atoms. The molecule has 0 saturated carbocycles. The van der Waals surface area contributed by atoms with Gasteiger partial charge in [0.25, 0.3) is 0 Å². The van der Waals surface area contributed by atoms with E-state index in [0.29, 0.717) is 12.4 Å². The predicted octanol–water partition coefficient (Wildman–Crippen LogP) is 1.77. The molecule has 1 heterocycles. The van der Waals surface area contributed by atoms with Gasteiger partial charge in [-0.05, 0) is 6.54 Å². The van der Waals surface area contributed by atoms with E-state index in [0.717, 1.165) is 13.1 Å². The lowest BCUT2D eigenvalue weighted by atomic mass is 10.5. The van der Waals surface area contributed by atoms with Crippen molar-refractivity contribution in [1.29, 1.82) is 0 Å². The van der Waals surface area contributed by atoms with Crippen LogP contribution in [0.3, 0.4) is 0 Å². The lowest BCUT2D eigenvalue weighted by molar-refractivity contribution is 0.314. The van der Waals surface area contributed by atoms with Crippen LogP contribution in [0.1, 0.15) is 6.92 Å². The molecule has 4 nitrogen and oxygen atoms in total. The zero-order valence-electron chi connectivity index (χ0n) is 7.76. The summed E-state index contributed by atoms with van der Waals surface area (Å²) >= 11 is 11.4. The van der Waals surface area contributed by atoms with Crippen LogP contribution >= 0.6 is 23.2 Å². The van der Waals surface area contributed by atoms with Gasteiger partial charge in [0.05, 0.1) is 0 Å². The third-order valence-corrected chi connectivity index (χ3v) is 1.92. The summed E-state index contributed by atoms with van der Waals surface area (Å²) in [6.45, 7) is 4.21. The summed E-state index contributed by atoms with van der Waals surface area (Å²) in [4.78, 5) is 0. The molecule has 0 radical (unpaired) electrons. The first-order valence-electron chi connectivity index (χ1n) is 4.26. The van der Waals surface area contributed by atoms with E-state index >= 15 is 0 Å². The van der Waals surface area contributed by atoms with Gasteiger partial charge in [-0.1, -0.05) is 30.1 Å². The van der Waals surface area contributed by atoms with Crippen LogP contribution < -0.4 is 10.1 Å². The molecule has 0 saturated heterocycles. The number of hydrogen-bond donors (Lipinski definition) is 1. The normalized spacial score (nSPS) is 10.2. The molecule has 0 spiro atoms. The maximum atomic E-state index is 5.73. The average Bonchev–Trinajstić information content (AvgIpc) is 2.18. The molecule has 1 N–H and O–H groups in total. The number of ether oxygens (including phenoxy) is 1. The minimum Gasteiger partial charge on any atom is -0.489 e. The maximum absolute atomic E-state index is 5.73.